The number of rotatable bonds is 8. The van der Waals surface area contributed by atoms with Crippen molar-refractivity contribution in [3.05, 3.63) is 100 Å². The number of hydrogen-bond acceptors (Lipinski definition) is 7. The number of methoxy groups -OCH3 is 1. The minimum atomic E-state index is 0.347. The Morgan fingerprint density at radius 3 is 2.51 bits per heavy atom. The first kappa shape index (κ1) is 24.6. The molecule has 0 saturated carbocycles. The normalized spacial score (nSPS) is 10.9. The second-order valence-corrected chi connectivity index (χ2v) is 9.13. The lowest BCUT2D eigenvalue weighted by Crippen LogP contribution is -2.03. The number of fused-ring (bicyclic) bond motifs is 1. The van der Waals surface area contributed by atoms with Crippen LogP contribution in [0.25, 0.3) is 22.3 Å². The SMILES string of the molecule is COc1ccc(CNc2cc3c(N)nc(-c4ccc(OCc5cccc(Cl)c5)c(Cl)c4)nc3cn2)cc1. The van der Waals surface area contributed by atoms with Crippen molar-refractivity contribution >= 4 is 45.7 Å². The molecule has 0 aliphatic carbocycles. The van der Waals surface area contributed by atoms with E-state index in [1.807, 2.05) is 60.7 Å². The van der Waals surface area contributed by atoms with E-state index in [2.05, 4.69) is 20.3 Å². The molecule has 0 unspecified atom stereocenters. The van der Waals surface area contributed by atoms with E-state index < -0.39 is 0 Å². The highest BCUT2D eigenvalue weighted by molar-refractivity contribution is 6.32. The fourth-order valence-corrected chi connectivity index (χ4v) is 4.21. The summed E-state index contributed by atoms with van der Waals surface area (Å²) >= 11 is 12.5. The van der Waals surface area contributed by atoms with Crippen LogP contribution in [0.3, 0.4) is 0 Å². The molecule has 37 heavy (non-hydrogen) atoms. The zero-order chi connectivity index (χ0) is 25.8. The molecule has 3 aromatic carbocycles. The Morgan fingerprint density at radius 1 is 0.919 bits per heavy atom. The van der Waals surface area contributed by atoms with E-state index in [1.54, 1.807) is 25.4 Å². The van der Waals surface area contributed by atoms with E-state index in [1.165, 1.54) is 0 Å². The largest absolute Gasteiger partial charge is 0.497 e. The van der Waals surface area contributed by atoms with Gasteiger partial charge >= 0.3 is 0 Å². The van der Waals surface area contributed by atoms with Gasteiger partial charge in [-0.1, -0.05) is 47.5 Å². The summed E-state index contributed by atoms with van der Waals surface area (Å²) in [7, 11) is 1.65. The zero-order valence-electron chi connectivity index (χ0n) is 19.9. The van der Waals surface area contributed by atoms with Crippen molar-refractivity contribution in [1.82, 2.24) is 15.0 Å². The van der Waals surface area contributed by atoms with Gasteiger partial charge in [-0.2, -0.15) is 0 Å². The van der Waals surface area contributed by atoms with E-state index in [4.69, 9.17) is 38.4 Å². The first-order valence-corrected chi connectivity index (χ1v) is 12.2. The van der Waals surface area contributed by atoms with Crippen molar-refractivity contribution < 1.29 is 9.47 Å². The first-order valence-electron chi connectivity index (χ1n) is 11.5. The van der Waals surface area contributed by atoms with Crippen molar-refractivity contribution in [1.29, 1.82) is 0 Å². The molecule has 0 spiro atoms. The van der Waals surface area contributed by atoms with Crippen LogP contribution < -0.4 is 20.5 Å². The highest BCUT2D eigenvalue weighted by atomic mass is 35.5. The van der Waals surface area contributed by atoms with Crippen molar-refractivity contribution in [2.45, 2.75) is 13.2 Å². The number of ether oxygens (including phenoxy) is 2. The summed E-state index contributed by atoms with van der Waals surface area (Å²) in [6.07, 6.45) is 1.68. The monoisotopic (exact) mass is 531 g/mol. The molecule has 2 aromatic heterocycles. The highest BCUT2D eigenvalue weighted by Crippen LogP contribution is 2.31. The number of anilines is 2. The van der Waals surface area contributed by atoms with Gasteiger partial charge in [-0.25, -0.2) is 15.0 Å². The predicted molar refractivity (Wildman–Crippen MR) is 148 cm³/mol. The predicted octanol–water partition coefficient (Wildman–Crippen LogP) is 6.78. The van der Waals surface area contributed by atoms with Crippen LogP contribution in [0.15, 0.2) is 79.0 Å². The maximum absolute atomic E-state index is 6.49. The molecule has 0 atom stereocenters. The molecule has 5 rings (SSSR count). The number of aromatic nitrogens is 3. The molecule has 9 heteroatoms. The van der Waals surface area contributed by atoms with Crippen LogP contribution in [0.5, 0.6) is 11.5 Å². The third kappa shape index (κ3) is 5.85. The van der Waals surface area contributed by atoms with Gasteiger partial charge < -0.3 is 20.5 Å². The van der Waals surface area contributed by atoms with Crippen LogP contribution >= 0.6 is 23.2 Å². The summed E-state index contributed by atoms with van der Waals surface area (Å²) in [6.45, 7) is 0.950. The summed E-state index contributed by atoms with van der Waals surface area (Å²) in [5.41, 5.74) is 9.70. The third-order valence-electron chi connectivity index (χ3n) is 5.72. The maximum Gasteiger partial charge on any atom is 0.162 e. The third-order valence-corrected chi connectivity index (χ3v) is 6.25. The van der Waals surface area contributed by atoms with Gasteiger partial charge in [0.25, 0.3) is 0 Å². The molecule has 0 fully saturated rings. The number of nitrogens with zero attached hydrogens (tertiary/aromatic N) is 3. The number of halogens is 2. The van der Waals surface area contributed by atoms with Crippen molar-refractivity contribution in [2.75, 3.05) is 18.2 Å². The summed E-state index contributed by atoms with van der Waals surface area (Å²) in [5.74, 6) is 2.85. The van der Waals surface area contributed by atoms with Crippen LogP contribution in [-0.4, -0.2) is 22.1 Å². The summed E-state index contributed by atoms with van der Waals surface area (Å²) < 4.78 is 11.1. The molecule has 186 valence electrons. The Morgan fingerprint density at radius 2 is 1.76 bits per heavy atom. The Balaban J connectivity index is 1.31. The molecular weight excluding hydrogens is 509 g/mol. The van der Waals surface area contributed by atoms with Crippen LogP contribution in [0.1, 0.15) is 11.1 Å². The molecule has 7 nitrogen and oxygen atoms in total. The first-order chi connectivity index (χ1) is 18.0. The van der Waals surface area contributed by atoms with E-state index in [0.717, 1.165) is 22.4 Å². The van der Waals surface area contributed by atoms with Gasteiger partial charge in [0.1, 0.15) is 29.7 Å². The fourth-order valence-electron chi connectivity index (χ4n) is 3.76. The molecule has 0 radical (unpaired) electrons. The second kappa shape index (κ2) is 10.9. The van der Waals surface area contributed by atoms with Crippen LogP contribution in [-0.2, 0) is 13.2 Å². The Kier molecular flexibility index (Phi) is 7.25. The van der Waals surface area contributed by atoms with Crippen LogP contribution in [0.4, 0.5) is 11.6 Å². The number of benzene rings is 3. The highest BCUT2D eigenvalue weighted by Gasteiger charge is 2.12. The minimum absolute atomic E-state index is 0.347. The van der Waals surface area contributed by atoms with E-state index >= 15 is 0 Å². The molecule has 0 bridgehead atoms. The Hall–Kier alpha value is -4.07. The number of nitrogens with two attached hydrogens (primary N) is 1. The number of hydrogen-bond donors (Lipinski definition) is 2. The van der Waals surface area contributed by atoms with Crippen molar-refractivity contribution in [3.63, 3.8) is 0 Å². The van der Waals surface area contributed by atoms with Crippen molar-refractivity contribution in [3.8, 4) is 22.9 Å². The number of nitrogen functional groups attached to an aromatic ring is 1. The number of nitrogens with one attached hydrogen (secondary N) is 1. The van der Waals surface area contributed by atoms with Crippen LogP contribution in [0, 0.1) is 0 Å². The van der Waals surface area contributed by atoms with Gasteiger partial charge in [-0.15, -0.1) is 0 Å². The molecule has 0 aliphatic rings. The van der Waals surface area contributed by atoms with Crippen molar-refractivity contribution in [2.24, 2.45) is 0 Å². The van der Waals surface area contributed by atoms with E-state index in [-0.39, 0.29) is 0 Å². The number of pyridine rings is 1. The van der Waals surface area contributed by atoms with Crippen LogP contribution in [0.2, 0.25) is 10.0 Å². The van der Waals surface area contributed by atoms with Gasteiger partial charge in [0.05, 0.1) is 23.8 Å². The topological polar surface area (TPSA) is 95.2 Å². The lowest BCUT2D eigenvalue weighted by atomic mass is 10.2. The summed E-state index contributed by atoms with van der Waals surface area (Å²) in [6, 6.07) is 22.5. The van der Waals surface area contributed by atoms with Gasteiger partial charge in [-0.05, 0) is 59.7 Å². The lowest BCUT2D eigenvalue weighted by molar-refractivity contribution is 0.306. The average Bonchev–Trinajstić information content (AvgIpc) is 2.91. The Bertz CT molecular complexity index is 1560. The van der Waals surface area contributed by atoms with Gasteiger partial charge in [0.15, 0.2) is 5.82 Å². The lowest BCUT2D eigenvalue weighted by Gasteiger charge is -2.11. The smallest absolute Gasteiger partial charge is 0.162 e. The average molecular weight is 532 g/mol. The molecule has 2 heterocycles. The molecular formula is C28H23Cl2N5O2. The fraction of sp³-hybridized carbons (Fsp3) is 0.107. The molecule has 0 saturated heterocycles. The standard InChI is InChI=1S/C28H23Cl2N5O2/c1-36-21-8-5-17(6-9-21)14-32-26-13-22-24(15-33-26)34-28(35-27(22)31)19-7-10-25(23(30)12-19)37-16-18-3-2-4-20(29)11-18/h2-13,15H,14,16H2,1H3,(H,32,33)(H2,31,34,35). The zero-order valence-corrected chi connectivity index (χ0v) is 21.4. The quantitative estimate of drug-likeness (QED) is 0.227. The van der Waals surface area contributed by atoms with E-state index in [0.29, 0.717) is 57.3 Å². The second-order valence-electron chi connectivity index (χ2n) is 8.28. The van der Waals surface area contributed by atoms with Gasteiger partial charge in [0, 0.05) is 22.5 Å². The molecule has 3 N–H and O–H groups in total. The Labute approximate surface area is 224 Å². The maximum atomic E-state index is 6.49. The minimum Gasteiger partial charge on any atom is -0.497 e. The molecule has 5 aromatic rings. The molecule has 0 amide bonds. The van der Waals surface area contributed by atoms with Gasteiger partial charge in [-0.3, -0.25) is 0 Å². The summed E-state index contributed by atoms with van der Waals surface area (Å²) in [5, 5.41) is 5.11. The van der Waals surface area contributed by atoms with Gasteiger partial charge in [0.2, 0.25) is 0 Å². The molecule has 0 aliphatic heterocycles. The van der Waals surface area contributed by atoms with E-state index in [9.17, 15) is 0 Å². The summed E-state index contributed by atoms with van der Waals surface area (Å²) in [4.78, 5) is 13.6.